The Hall–Kier alpha value is -0.440. The predicted molar refractivity (Wildman–Crippen MR) is 50.4 cm³/mol. The molecule has 0 amide bonds. The lowest BCUT2D eigenvalue weighted by Crippen LogP contribution is -2.20. The molecule has 0 radical (unpaired) electrons. The molecule has 0 aliphatic carbocycles. The molecule has 0 aliphatic heterocycles. The number of alkyl halides is 1. The smallest absolute Gasteiger partial charge is 0.102 e. The quantitative estimate of drug-likeness (QED) is 0.596. The standard InChI is InChI=1S/C9H19FN2/c1-7(11)4-3-5-9(10)6-8(2)12/h8-9,11H,3-6,12H2,1-2H3. The minimum absolute atomic E-state index is 0.0546. The van der Waals surface area contributed by atoms with Gasteiger partial charge in [-0.1, -0.05) is 0 Å². The van der Waals surface area contributed by atoms with Crippen molar-refractivity contribution in [2.75, 3.05) is 0 Å². The summed E-state index contributed by atoms with van der Waals surface area (Å²) in [5.41, 5.74) is 6.07. The van der Waals surface area contributed by atoms with E-state index in [0.717, 1.165) is 6.42 Å². The summed E-state index contributed by atoms with van der Waals surface area (Å²) < 4.78 is 13.0. The summed E-state index contributed by atoms with van der Waals surface area (Å²) in [4.78, 5) is 0. The zero-order valence-electron chi connectivity index (χ0n) is 7.94. The molecule has 0 saturated carbocycles. The largest absolute Gasteiger partial charge is 0.328 e. The summed E-state index contributed by atoms with van der Waals surface area (Å²) in [5, 5.41) is 7.13. The molecule has 72 valence electrons. The Morgan fingerprint density at radius 1 is 1.58 bits per heavy atom. The molecular weight excluding hydrogens is 155 g/mol. The van der Waals surface area contributed by atoms with Crippen molar-refractivity contribution < 1.29 is 4.39 Å². The third-order valence-corrected chi connectivity index (χ3v) is 1.70. The van der Waals surface area contributed by atoms with Crippen LogP contribution in [0.3, 0.4) is 0 Å². The Morgan fingerprint density at radius 2 is 2.17 bits per heavy atom. The molecule has 0 fully saturated rings. The molecular formula is C9H19FN2. The first-order valence-corrected chi connectivity index (χ1v) is 4.46. The van der Waals surface area contributed by atoms with Crippen molar-refractivity contribution in [1.82, 2.24) is 0 Å². The Bertz CT molecular complexity index is 134. The minimum atomic E-state index is -0.788. The van der Waals surface area contributed by atoms with Crippen LogP contribution >= 0.6 is 0 Å². The van der Waals surface area contributed by atoms with E-state index in [9.17, 15) is 4.39 Å². The van der Waals surface area contributed by atoms with Gasteiger partial charge in [-0.15, -0.1) is 0 Å². The van der Waals surface area contributed by atoms with Crippen molar-refractivity contribution in [2.45, 2.75) is 51.7 Å². The fraction of sp³-hybridized carbons (Fsp3) is 0.889. The lowest BCUT2D eigenvalue weighted by atomic mass is 10.1. The molecule has 2 atom stereocenters. The third-order valence-electron chi connectivity index (χ3n) is 1.70. The van der Waals surface area contributed by atoms with E-state index in [2.05, 4.69) is 0 Å². The summed E-state index contributed by atoms with van der Waals surface area (Å²) >= 11 is 0. The van der Waals surface area contributed by atoms with Gasteiger partial charge in [-0.05, 0) is 39.5 Å². The predicted octanol–water partition coefficient (Wildman–Crippen LogP) is 2.27. The van der Waals surface area contributed by atoms with Crippen LogP contribution in [0.4, 0.5) is 4.39 Å². The van der Waals surface area contributed by atoms with Crippen molar-refractivity contribution in [3.8, 4) is 0 Å². The molecule has 3 N–H and O–H groups in total. The molecule has 0 aromatic carbocycles. The molecule has 0 aromatic heterocycles. The topological polar surface area (TPSA) is 49.9 Å². The van der Waals surface area contributed by atoms with Crippen LogP contribution < -0.4 is 5.73 Å². The summed E-state index contributed by atoms with van der Waals surface area (Å²) in [7, 11) is 0. The van der Waals surface area contributed by atoms with E-state index in [1.165, 1.54) is 0 Å². The van der Waals surface area contributed by atoms with Gasteiger partial charge in [0.25, 0.3) is 0 Å². The number of halogens is 1. The van der Waals surface area contributed by atoms with Crippen LogP contribution in [0.15, 0.2) is 0 Å². The molecule has 0 rings (SSSR count). The molecule has 0 bridgehead atoms. The molecule has 0 saturated heterocycles. The van der Waals surface area contributed by atoms with Crippen molar-refractivity contribution in [1.29, 1.82) is 5.41 Å². The van der Waals surface area contributed by atoms with E-state index in [0.29, 0.717) is 25.0 Å². The second-order valence-corrected chi connectivity index (χ2v) is 3.48. The molecule has 0 aromatic rings. The first-order chi connectivity index (χ1) is 5.52. The van der Waals surface area contributed by atoms with E-state index in [4.69, 9.17) is 11.1 Å². The second-order valence-electron chi connectivity index (χ2n) is 3.48. The van der Waals surface area contributed by atoms with Gasteiger partial charge in [-0.25, -0.2) is 4.39 Å². The van der Waals surface area contributed by atoms with E-state index in [1.807, 2.05) is 6.92 Å². The van der Waals surface area contributed by atoms with Gasteiger partial charge in [0, 0.05) is 11.8 Å². The highest BCUT2D eigenvalue weighted by Gasteiger charge is 2.08. The van der Waals surface area contributed by atoms with Crippen LogP contribution in [-0.2, 0) is 0 Å². The van der Waals surface area contributed by atoms with Crippen LogP contribution in [0.5, 0.6) is 0 Å². The molecule has 2 unspecified atom stereocenters. The van der Waals surface area contributed by atoms with E-state index >= 15 is 0 Å². The summed E-state index contributed by atoms with van der Waals surface area (Å²) in [6.45, 7) is 3.56. The van der Waals surface area contributed by atoms with Gasteiger partial charge in [0.15, 0.2) is 0 Å². The number of hydrogen-bond acceptors (Lipinski definition) is 2. The first kappa shape index (κ1) is 11.6. The maximum atomic E-state index is 13.0. The van der Waals surface area contributed by atoms with Gasteiger partial charge in [-0.2, -0.15) is 0 Å². The lowest BCUT2D eigenvalue weighted by Gasteiger charge is -2.09. The zero-order valence-corrected chi connectivity index (χ0v) is 7.94. The van der Waals surface area contributed by atoms with Crippen LogP contribution in [0.2, 0.25) is 0 Å². The summed E-state index contributed by atoms with van der Waals surface area (Å²) in [6.07, 6.45) is 1.67. The molecule has 12 heavy (non-hydrogen) atoms. The second kappa shape index (κ2) is 6.12. The number of nitrogens with one attached hydrogen (secondary N) is 1. The van der Waals surface area contributed by atoms with Crippen molar-refractivity contribution >= 4 is 5.71 Å². The maximum Gasteiger partial charge on any atom is 0.102 e. The normalized spacial score (nSPS) is 15.7. The van der Waals surface area contributed by atoms with E-state index in [-0.39, 0.29) is 6.04 Å². The first-order valence-electron chi connectivity index (χ1n) is 4.46. The van der Waals surface area contributed by atoms with E-state index in [1.54, 1.807) is 6.92 Å². The highest BCUT2D eigenvalue weighted by atomic mass is 19.1. The van der Waals surface area contributed by atoms with E-state index < -0.39 is 6.17 Å². The fourth-order valence-corrected chi connectivity index (χ4v) is 1.11. The van der Waals surface area contributed by atoms with Crippen LogP contribution in [0.1, 0.15) is 39.5 Å². The monoisotopic (exact) mass is 174 g/mol. The molecule has 2 nitrogen and oxygen atoms in total. The highest BCUT2D eigenvalue weighted by molar-refractivity contribution is 5.78. The van der Waals surface area contributed by atoms with Crippen molar-refractivity contribution in [3.05, 3.63) is 0 Å². The number of nitrogens with two attached hydrogens (primary N) is 1. The van der Waals surface area contributed by atoms with Crippen molar-refractivity contribution in [3.63, 3.8) is 0 Å². The van der Waals surface area contributed by atoms with Gasteiger partial charge in [0.1, 0.15) is 6.17 Å². The zero-order chi connectivity index (χ0) is 9.56. The Morgan fingerprint density at radius 3 is 2.58 bits per heavy atom. The fourth-order valence-electron chi connectivity index (χ4n) is 1.11. The number of hydrogen-bond donors (Lipinski definition) is 2. The SMILES string of the molecule is CC(=N)CCCC(F)CC(C)N. The van der Waals surface area contributed by atoms with Gasteiger partial charge < -0.3 is 11.1 Å². The average molecular weight is 174 g/mol. The van der Waals surface area contributed by atoms with Gasteiger partial charge in [0.05, 0.1) is 0 Å². The number of rotatable bonds is 6. The van der Waals surface area contributed by atoms with Gasteiger partial charge in [-0.3, -0.25) is 0 Å². The average Bonchev–Trinajstić information content (AvgIpc) is 1.84. The van der Waals surface area contributed by atoms with Gasteiger partial charge >= 0.3 is 0 Å². The maximum absolute atomic E-state index is 13.0. The third kappa shape index (κ3) is 7.66. The Labute approximate surface area is 73.8 Å². The highest BCUT2D eigenvalue weighted by Crippen LogP contribution is 2.10. The van der Waals surface area contributed by atoms with Crippen LogP contribution in [0, 0.1) is 5.41 Å². The minimum Gasteiger partial charge on any atom is -0.328 e. The molecule has 0 heterocycles. The Balaban J connectivity index is 3.31. The summed E-state index contributed by atoms with van der Waals surface area (Å²) in [5.74, 6) is 0. The molecule has 0 aliphatic rings. The molecule has 0 spiro atoms. The van der Waals surface area contributed by atoms with Gasteiger partial charge in [0.2, 0.25) is 0 Å². The lowest BCUT2D eigenvalue weighted by molar-refractivity contribution is 0.279. The van der Waals surface area contributed by atoms with Crippen LogP contribution in [0.25, 0.3) is 0 Å². The Kier molecular flexibility index (Phi) is 5.89. The molecule has 3 heteroatoms. The summed E-state index contributed by atoms with van der Waals surface area (Å²) in [6, 6.07) is -0.0546. The van der Waals surface area contributed by atoms with Crippen molar-refractivity contribution in [2.24, 2.45) is 5.73 Å². The van der Waals surface area contributed by atoms with Crippen LogP contribution in [-0.4, -0.2) is 17.9 Å².